The minimum atomic E-state index is -0.661. The van der Waals surface area contributed by atoms with Gasteiger partial charge in [-0.05, 0) is 50.0 Å². The number of hydrogen-bond acceptors (Lipinski definition) is 2. The molecule has 0 aromatic rings. The topological polar surface area (TPSA) is 49.3 Å². The average molecular weight is 225 g/mol. The lowest BCUT2D eigenvalue weighted by atomic mass is 9.82. The molecule has 3 unspecified atom stereocenters. The molecule has 0 bridgehead atoms. The van der Waals surface area contributed by atoms with E-state index in [0.717, 1.165) is 25.3 Å². The summed E-state index contributed by atoms with van der Waals surface area (Å²) in [6, 6.07) is -0.280. The molecule has 3 atom stereocenters. The number of carbonyl (C=O) groups is 1. The quantitative estimate of drug-likeness (QED) is 0.754. The van der Waals surface area contributed by atoms with Gasteiger partial charge in [-0.1, -0.05) is 19.8 Å². The minimum absolute atomic E-state index is 0.280. The van der Waals surface area contributed by atoms with Crippen molar-refractivity contribution in [2.24, 2.45) is 17.8 Å². The van der Waals surface area contributed by atoms with Crippen molar-refractivity contribution in [3.05, 3.63) is 0 Å². The molecule has 0 amide bonds. The van der Waals surface area contributed by atoms with Crippen LogP contribution in [-0.4, -0.2) is 23.7 Å². The Balaban J connectivity index is 1.74. The number of nitrogens with one attached hydrogen (secondary N) is 1. The highest BCUT2D eigenvalue weighted by Crippen LogP contribution is 2.33. The smallest absolute Gasteiger partial charge is 0.320 e. The molecule has 92 valence electrons. The van der Waals surface area contributed by atoms with Gasteiger partial charge in [0.05, 0.1) is 0 Å². The van der Waals surface area contributed by atoms with E-state index < -0.39 is 5.97 Å². The summed E-state index contributed by atoms with van der Waals surface area (Å²) in [4.78, 5) is 11.1. The third-order valence-corrected chi connectivity index (χ3v) is 4.03. The number of rotatable bonds is 5. The van der Waals surface area contributed by atoms with Crippen LogP contribution in [-0.2, 0) is 4.79 Å². The molecule has 3 nitrogen and oxygen atoms in total. The summed E-state index contributed by atoms with van der Waals surface area (Å²) in [5.74, 6) is 1.26. The van der Waals surface area contributed by atoms with Gasteiger partial charge in [0, 0.05) is 0 Å². The monoisotopic (exact) mass is 225 g/mol. The predicted octanol–water partition coefficient (Wildman–Crippen LogP) is 2.27. The molecular weight excluding hydrogens is 202 g/mol. The van der Waals surface area contributed by atoms with E-state index in [2.05, 4.69) is 12.2 Å². The van der Waals surface area contributed by atoms with Gasteiger partial charge in [-0.15, -0.1) is 0 Å². The van der Waals surface area contributed by atoms with E-state index in [-0.39, 0.29) is 6.04 Å². The van der Waals surface area contributed by atoms with Crippen LogP contribution in [0.15, 0.2) is 0 Å². The van der Waals surface area contributed by atoms with E-state index in [4.69, 9.17) is 5.11 Å². The second-order valence-electron chi connectivity index (χ2n) is 5.70. The van der Waals surface area contributed by atoms with Crippen molar-refractivity contribution < 1.29 is 9.90 Å². The maximum absolute atomic E-state index is 11.1. The third-order valence-electron chi connectivity index (χ3n) is 4.03. The average Bonchev–Trinajstić information content (AvgIpc) is 3.02. The fourth-order valence-corrected chi connectivity index (χ4v) is 2.92. The Kier molecular flexibility index (Phi) is 3.85. The fourth-order valence-electron chi connectivity index (χ4n) is 2.92. The second kappa shape index (κ2) is 5.17. The van der Waals surface area contributed by atoms with Gasteiger partial charge in [0.25, 0.3) is 0 Å². The molecule has 0 radical (unpaired) electrons. The molecule has 0 heterocycles. The summed E-state index contributed by atoms with van der Waals surface area (Å²) in [5, 5.41) is 12.4. The number of aliphatic carboxylic acids is 1. The van der Waals surface area contributed by atoms with Crippen molar-refractivity contribution in [1.29, 1.82) is 0 Å². The number of carboxylic acids is 1. The Morgan fingerprint density at radius 2 is 2.12 bits per heavy atom. The van der Waals surface area contributed by atoms with Crippen LogP contribution >= 0.6 is 0 Å². The Hall–Kier alpha value is -0.570. The first-order chi connectivity index (χ1) is 7.66. The second-order valence-corrected chi connectivity index (χ2v) is 5.70. The van der Waals surface area contributed by atoms with Crippen molar-refractivity contribution in [1.82, 2.24) is 5.32 Å². The number of hydrogen-bond donors (Lipinski definition) is 2. The van der Waals surface area contributed by atoms with Gasteiger partial charge in [0.2, 0.25) is 0 Å². The largest absolute Gasteiger partial charge is 0.480 e. The maximum Gasteiger partial charge on any atom is 0.320 e. The van der Waals surface area contributed by atoms with Crippen LogP contribution in [0.25, 0.3) is 0 Å². The molecule has 0 spiro atoms. The Morgan fingerprint density at radius 1 is 1.38 bits per heavy atom. The molecule has 2 N–H and O–H groups in total. The lowest BCUT2D eigenvalue weighted by Gasteiger charge is -2.28. The Labute approximate surface area is 97.6 Å². The molecule has 2 rings (SSSR count). The van der Waals surface area contributed by atoms with Gasteiger partial charge >= 0.3 is 5.97 Å². The highest BCUT2D eigenvalue weighted by atomic mass is 16.4. The van der Waals surface area contributed by atoms with Crippen LogP contribution in [0.5, 0.6) is 0 Å². The van der Waals surface area contributed by atoms with Crippen LogP contribution in [0.2, 0.25) is 0 Å². The van der Waals surface area contributed by atoms with E-state index in [1.54, 1.807) is 0 Å². The molecular formula is C13H23NO2. The summed E-state index contributed by atoms with van der Waals surface area (Å²) in [7, 11) is 0. The zero-order valence-electron chi connectivity index (χ0n) is 10.1. The van der Waals surface area contributed by atoms with Crippen molar-refractivity contribution in [2.75, 3.05) is 6.54 Å². The third kappa shape index (κ3) is 3.21. The molecule has 0 aromatic carbocycles. The van der Waals surface area contributed by atoms with Crippen molar-refractivity contribution in [2.45, 2.75) is 51.5 Å². The summed E-state index contributed by atoms with van der Waals surface area (Å²) in [6.45, 7) is 3.21. The van der Waals surface area contributed by atoms with E-state index in [9.17, 15) is 4.79 Å². The van der Waals surface area contributed by atoms with Crippen molar-refractivity contribution >= 4 is 5.97 Å². The summed E-state index contributed by atoms with van der Waals surface area (Å²) in [5.41, 5.74) is 0. The molecule has 2 aliphatic rings. The molecule has 0 aromatic heterocycles. The standard InChI is InChI=1S/C13H23NO2/c1-9-3-2-4-10(7-9)8-14-12(13(15)16)11-5-6-11/h9-12,14H,2-8H2,1H3,(H,15,16). The van der Waals surface area contributed by atoms with E-state index in [0.29, 0.717) is 11.8 Å². The lowest BCUT2D eigenvalue weighted by molar-refractivity contribution is -0.140. The molecule has 3 heteroatoms. The first kappa shape index (κ1) is 11.9. The van der Waals surface area contributed by atoms with Gasteiger partial charge in [-0.3, -0.25) is 4.79 Å². The normalized spacial score (nSPS) is 32.3. The zero-order chi connectivity index (χ0) is 11.5. The maximum atomic E-state index is 11.1. The molecule has 0 saturated heterocycles. The summed E-state index contributed by atoms with van der Waals surface area (Å²) in [6.07, 6.45) is 7.38. The van der Waals surface area contributed by atoms with Crippen molar-refractivity contribution in [3.8, 4) is 0 Å². The predicted molar refractivity (Wildman–Crippen MR) is 63.3 cm³/mol. The molecule has 0 aliphatic heterocycles. The Morgan fingerprint density at radius 3 is 2.69 bits per heavy atom. The summed E-state index contributed by atoms with van der Waals surface area (Å²) < 4.78 is 0. The fraction of sp³-hybridized carbons (Fsp3) is 0.923. The SMILES string of the molecule is CC1CCCC(CNC(C(=O)O)C2CC2)C1. The zero-order valence-corrected chi connectivity index (χ0v) is 10.1. The molecule has 2 fully saturated rings. The Bertz CT molecular complexity index is 250. The number of carboxylic acid groups (broad SMARTS) is 1. The van der Waals surface area contributed by atoms with Crippen molar-refractivity contribution in [3.63, 3.8) is 0 Å². The van der Waals surface area contributed by atoms with Crippen LogP contribution in [0.1, 0.15) is 45.4 Å². The van der Waals surface area contributed by atoms with Gasteiger partial charge in [0.15, 0.2) is 0 Å². The van der Waals surface area contributed by atoms with Gasteiger partial charge in [-0.25, -0.2) is 0 Å². The van der Waals surface area contributed by atoms with Crippen LogP contribution in [0.4, 0.5) is 0 Å². The van der Waals surface area contributed by atoms with Gasteiger partial charge in [0.1, 0.15) is 6.04 Å². The van der Waals surface area contributed by atoms with E-state index >= 15 is 0 Å². The van der Waals surface area contributed by atoms with Gasteiger partial charge < -0.3 is 10.4 Å². The summed E-state index contributed by atoms with van der Waals surface area (Å²) >= 11 is 0. The minimum Gasteiger partial charge on any atom is -0.480 e. The molecule has 2 aliphatic carbocycles. The highest BCUT2D eigenvalue weighted by Gasteiger charge is 2.36. The molecule has 16 heavy (non-hydrogen) atoms. The van der Waals surface area contributed by atoms with Crippen LogP contribution in [0, 0.1) is 17.8 Å². The first-order valence-electron chi connectivity index (χ1n) is 6.63. The van der Waals surface area contributed by atoms with Crippen LogP contribution in [0.3, 0.4) is 0 Å². The first-order valence-corrected chi connectivity index (χ1v) is 6.63. The lowest BCUT2D eigenvalue weighted by Crippen LogP contribution is -2.41. The highest BCUT2D eigenvalue weighted by molar-refractivity contribution is 5.74. The van der Waals surface area contributed by atoms with Gasteiger partial charge in [-0.2, -0.15) is 0 Å². The van der Waals surface area contributed by atoms with E-state index in [1.165, 1.54) is 25.7 Å². The molecule has 2 saturated carbocycles. The van der Waals surface area contributed by atoms with E-state index in [1.807, 2.05) is 0 Å². The van der Waals surface area contributed by atoms with Crippen LogP contribution < -0.4 is 5.32 Å².